The van der Waals surface area contributed by atoms with E-state index >= 15 is 0 Å². The van der Waals surface area contributed by atoms with Crippen molar-refractivity contribution in [2.75, 3.05) is 0 Å². The van der Waals surface area contributed by atoms with Gasteiger partial charge in [0.1, 0.15) is 0 Å². The Kier molecular flexibility index (Phi) is 5.81. The Hall–Kier alpha value is -3.15. The summed E-state index contributed by atoms with van der Waals surface area (Å²) >= 11 is 0. The fraction of sp³-hybridized carbons (Fsp3) is 0.400. The molecule has 2 N–H and O–H groups in total. The number of carbonyl (C=O) groups is 2. The molecule has 31 heavy (non-hydrogen) atoms. The van der Waals surface area contributed by atoms with Gasteiger partial charge in [-0.05, 0) is 49.4 Å². The largest absolute Gasteiger partial charge is 0.350 e. The van der Waals surface area contributed by atoms with Crippen LogP contribution in [-0.2, 0) is 23.1 Å². The number of nitrogens with zero attached hydrogens (tertiary/aromatic N) is 2. The number of aryl methyl sites for hydroxylation is 2. The lowest BCUT2D eigenvalue weighted by molar-refractivity contribution is -0.123. The minimum Gasteiger partial charge on any atom is -0.350 e. The molecule has 1 aliphatic heterocycles. The molecule has 2 amide bonds. The van der Waals surface area contributed by atoms with Gasteiger partial charge in [0.2, 0.25) is 11.8 Å². The first-order chi connectivity index (χ1) is 14.8. The third-order valence-electron chi connectivity index (χ3n) is 6.37. The normalized spacial score (nSPS) is 19.4. The van der Waals surface area contributed by atoms with Crippen LogP contribution in [0, 0.1) is 6.92 Å². The van der Waals surface area contributed by atoms with E-state index < -0.39 is 0 Å². The number of rotatable bonds is 7. The van der Waals surface area contributed by atoms with Gasteiger partial charge in [-0.25, -0.2) is 0 Å². The molecule has 0 aliphatic carbocycles. The lowest BCUT2D eigenvalue weighted by Gasteiger charge is -2.30. The van der Waals surface area contributed by atoms with Gasteiger partial charge in [-0.1, -0.05) is 42.5 Å². The van der Waals surface area contributed by atoms with E-state index in [4.69, 9.17) is 0 Å². The maximum absolute atomic E-state index is 12.7. The van der Waals surface area contributed by atoms with Crippen LogP contribution < -0.4 is 10.6 Å². The van der Waals surface area contributed by atoms with Gasteiger partial charge in [0.05, 0.1) is 11.7 Å². The molecule has 0 spiro atoms. The Morgan fingerprint density at radius 1 is 1.26 bits per heavy atom. The van der Waals surface area contributed by atoms with Gasteiger partial charge in [-0.2, -0.15) is 5.10 Å². The second-order valence-electron chi connectivity index (χ2n) is 8.78. The lowest BCUT2D eigenvalue weighted by Crippen LogP contribution is -2.44. The van der Waals surface area contributed by atoms with E-state index in [9.17, 15) is 9.59 Å². The quantitative estimate of drug-likeness (QED) is 0.614. The number of benzene rings is 2. The molecule has 1 saturated heterocycles. The number of aromatic nitrogens is 2. The summed E-state index contributed by atoms with van der Waals surface area (Å²) in [4.78, 5) is 24.9. The average molecular weight is 419 g/mol. The molecule has 162 valence electrons. The van der Waals surface area contributed by atoms with Crippen LogP contribution in [0.25, 0.3) is 10.8 Å². The summed E-state index contributed by atoms with van der Waals surface area (Å²) in [6.45, 7) is 3.93. The maximum atomic E-state index is 12.7. The van der Waals surface area contributed by atoms with Crippen molar-refractivity contribution in [3.05, 3.63) is 65.5 Å². The van der Waals surface area contributed by atoms with Crippen LogP contribution in [0.15, 0.2) is 48.7 Å². The van der Waals surface area contributed by atoms with Crippen LogP contribution in [0.3, 0.4) is 0 Å². The summed E-state index contributed by atoms with van der Waals surface area (Å²) in [5, 5.41) is 13.0. The van der Waals surface area contributed by atoms with E-state index in [0.717, 1.165) is 24.1 Å². The van der Waals surface area contributed by atoms with Crippen molar-refractivity contribution in [2.24, 2.45) is 7.05 Å². The molecular weight excluding hydrogens is 388 g/mol. The summed E-state index contributed by atoms with van der Waals surface area (Å²) in [6.07, 6.45) is 4.92. The number of fused-ring (bicyclic) bond motifs is 1. The predicted octanol–water partition coefficient (Wildman–Crippen LogP) is 3.73. The zero-order chi connectivity index (χ0) is 22.0. The second-order valence-corrected chi connectivity index (χ2v) is 8.78. The summed E-state index contributed by atoms with van der Waals surface area (Å²) < 4.78 is 1.76. The fourth-order valence-electron chi connectivity index (χ4n) is 4.78. The maximum Gasteiger partial charge on any atom is 0.220 e. The van der Waals surface area contributed by atoms with Crippen LogP contribution >= 0.6 is 0 Å². The highest BCUT2D eigenvalue weighted by Crippen LogP contribution is 2.32. The van der Waals surface area contributed by atoms with E-state index in [-0.39, 0.29) is 23.4 Å². The molecule has 0 bridgehead atoms. The molecule has 6 heteroatoms. The molecule has 6 nitrogen and oxygen atoms in total. The van der Waals surface area contributed by atoms with Gasteiger partial charge in [0, 0.05) is 37.2 Å². The highest BCUT2D eigenvalue weighted by molar-refractivity contribution is 5.86. The molecule has 0 radical (unpaired) electrons. The number of hydrogen-bond acceptors (Lipinski definition) is 3. The third kappa shape index (κ3) is 4.63. The summed E-state index contributed by atoms with van der Waals surface area (Å²) in [5.41, 5.74) is 2.77. The van der Waals surface area contributed by atoms with E-state index in [1.165, 1.54) is 16.3 Å². The van der Waals surface area contributed by atoms with E-state index in [2.05, 4.69) is 46.1 Å². The van der Waals surface area contributed by atoms with Crippen LogP contribution in [0.1, 0.15) is 55.5 Å². The first-order valence-corrected chi connectivity index (χ1v) is 10.9. The van der Waals surface area contributed by atoms with Crippen LogP contribution in [0.5, 0.6) is 0 Å². The van der Waals surface area contributed by atoms with E-state index in [1.807, 2.05) is 39.2 Å². The first kappa shape index (κ1) is 21.1. The summed E-state index contributed by atoms with van der Waals surface area (Å²) in [5.74, 6) is 0.0641. The zero-order valence-corrected chi connectivity index (χ0v) is 18.4. The van der Waals surface area contributed by atoms with Crippen molar-refractivity contribution >= 4 is 22.6 Å². The predicted molar refractivity (Wildman–Crippen MR) is 121 cm³/mol. The zero-order valence-electron chi connectivity index (χ0n) is 18.4. The molecule has 2 aromatic carbocycles. The van der Waals surface area contributed by atoms with Crippen molar-refractivity contribution in [3.63, 3.8) is 0 Å². The van der Waals surface area contributed by atoms with Crippen LogP contribution in [-0.4, -0.2) is 27.1 Å². The number of nitrogens with one attached hydrogen (secondary N) is 2. The van der Waals surface area contributed by atoms with Crippen molar-refractivity contribution in [3.8, 4) is 0 Å². The van der Waals surface area contributed by atoms with Gasteiger partial charge < -0.3 is 10.6 Å². The third-order valence-corrected chi connectivity index (χ3v) is 6.37. The smallest absolute Gasteiger partial charge is 0.220 e. The van der Waals surface area contributed by atoms with Crippen molar-refractivity contribution in [2.45, 2.75) is 57.5 Å². The number of carbonyl (C=O) groups excluding carboxylic acids is 2. The number of hydrogen-bond donors (Lipinski definition) is 2. The molecule has 3 aromatic rings. The van der Waals surface area contributed by atoms with Gasteiger partial charge in [0.25, 0.3) is 0 Å². The fourth-order valence-corrected chi connectivity index (χ4v) is 4.78. The SMILES string of the molecule is Cc1nn(C)cc1[C@@H](C)NC(=O)CC[C@@]1(Cc2cccc3ccccc23)CCC(=O)N1. The molecule has 1 fully saturated rings. The highest BCUT2D eigenvalue weighted by Gasteiger charge is 2.38. The topological polar surface area (TPSA) is 76.0 Å². The minimum absolute atomic E-state index is 0.00537. The highest BCUT2D eigenvalue weighted by atomic mass is 16.2. The van der Waals surface area contributed by atoms with Crippen molar-refractivity contribution in [1.82, 2.24) is 20.4 Å². The molecular formula is C25H30N4O2. The van der Waals surface area contributed by atoms with Crippen molar-refractivity contribution < 1.29 is 9.59 Å². The molecule has 1 aliphatic rings. The number of amides is 2. The van der Waals surface area contributed by atoms with Crippen molar-refractivity contribution in [1.29, 1.82) is 0 Å². The molecule has 4 rings (SSSR count). The van der Waals surface area contributed by atoms with Gasteiger partial charge >= 0.3 is 0 Å². The monoisotopic (exact) mass is 418 g/mol. The minimum atomic E-state index is -0.383. The summed E-state index contributed by atoms with van der Waals surface area (Å²) in [6, 6.07) is 14.5. The van der Waals surface area contributed by atoms with Crippen LogP contribution in [0.4, 0.5) is 0 Å². The Morgan fingerprint density at radius 2 is 2.03 bits per heavy atom. The Bertz CT molecular complexity index is 1110. The molecule has 0 saturated carbocycles. The van der Waals surface area contributed by atoms with Gasteiger partial charge in [-0.3, -0.25) is 14.3 Å². The molecule has 2 heterocycles. The molecule has 2 atom stereocenters. The first-order valence-electron chi connectivity index (χ1n) is 10.9. The van der Waals surface area contributed by atoms with Gasteiger partial charge in [0.15, 0.2) is 0 Å². The van der Waals surface area contributed by atoms with Gasteiger partial charge in [-0.15, -0.1) is 0 Å². The average Bonchev–Trinajstić information content (AvgIpc) is 3.28. The molecule has 0 unspecified atom stereocenters. The van der Waals surface area contributed by atoms with E-state index in [1.54, 1.807) is 4.68 Å². The summed E-state index contributed by atoms with van der Waals surface area (Å²) in [7, 11) is 1.88. The van der Waals surface area contributed by atoms with E-state index in [0.29, 0.717) is 19.3 Å². The Labute approximate surface area is 183 Å². The Morgan fingerprint density at radius 3 is 2.74 bits per heavy atom. The standard InChI is InChI=1S/C25H30N4O2/c1-17(22-16-29(3)28-18(22)2)26-23(30)11-13-25(14-12-24(31)27-25)15-20-9-6-8-19-7-4-5-10-21(19)20/h4-10,16-17H,11-15H2,1-3H3,(H,26,30)(H,27,31)/t17-,25+/m1/s1. The second kappa shape index (κ2) is 8.53. The lowest BCUT2D eigenvalue weighted by atomic mass is 9.83. The Balaban J connectivity index is 1.46. The van der Waals surface area contributed by atoms with Crippen LogP contribution in [0.2, 0.25) is 0 Å². The molecule has 1 aromatic heterocycles.